The van der Waals surface area contributed by atoms with Crippen LogP contribution in [0.25, 0.3) is 0 Å². The molecule has 0 aromatic rings. The molecule has 0 amide bonds. The highest BCUT2D eigenvalue weighted by molar-refractivity contribution is 7.88. The lowest BCUT2D eigenvalue weighted by Crippen LogP contribution is -2.41. The summed E-state index contributed by atoms with van der Waals surface area (Å²) >= 11 is 0. The Hall–Kier alpha value is -0.170. The number of aliphatic hydroxyl groups excluding tert-OH is 1. The minimum absolute atomic E-state index is 0.286. The summed E-state index contributed by atoms with van der Waals surface area (Å²) in [7, 11) is 0.771. The van der Waals surface area contributed by atoms with Crippen LogP contribution in [-0.2, 0) is 10.0 Å². The summed E-state index contributed by atoms with van der Waals surface area (Å²) in [6.45, 7) is 1.82. The normalized spacial score (nSPS) is 25.1. The summed E-state index contributed by atoms with van der Waals surface area (Å²) in [5.41, 5.74) is 0. The lowest BCUT2D eigenvalue weighted by molar-refractivity contribution is 0.0962. The van der Waals surface area contributed by atoms with Crippen LogP contribution >= 0.6 is 0 Å². The Balaban J connectivity index is 2.45. The number of hydrogen-bond acceptors (Lipinski definition) is 4. The van der Waals surface area contributed by atoms with Crippen LogP contribution in [0.4, 0.5) is 0 Å². The first kappa shape index (κ1) is 14.9. The average Bonchev–Trinajstić information content (AvgIpc) is 2.15. The Morgan fingerprint density at radius 3 is 2.65 bits per heavy atom. The van der Waals surface area contributed by atoms with Crippen LogP contribution in [0.2, 0.25) is 0 Å². The molecule has 0 saturated carbocycles. The molecule has 0 aromatic heterocycles. The topological polar surface area (TPSA) is 60.9 Å². The Labute approximate surface area is 104 Å². The molecule has 5 nitrogen and oxygen atoms in total. The second kappa shape index (κ2) is 6.13. The number of piperidine rings is 1. The van der Waals surface area contributed by atoms with Gasteiger partial charge in [0.15, 0.2) is 0 Å². The van der Waals surface area contributed by atoms with E-state index in [1.165, 1.54) is 10.6 Å². The van der Waals surface area contributed by atoms with Crippen molar-refractivity contribution in [2.24, 2.45) is 5.92 Å². The van der Waals surface area contributed by atoms with Crippen molar-refractivity contribution in [3.05, 3.63) is 0 Å². The highest BCUT2D eigenvalue weighted by atomic mass is 32.2. The maximum Gasteiger partial charge on any atom is 0.211 e. The van der Waals surface area contributed by atoms with Crippen molar-refractivity contribution < 1.29 is 13.5 Å². The highest BCUT2D eigenvalue weighted by Gasteiger charge is 2.27. The van der Waals surface area contributed by atoms with Gasteiger partial charge in [-0.1, -0.05) is 0 Å². The van der Waals surface area contributed by atoms with Crippen molar-refractivity contribution in [3.8, 4) is 0 Å². The molecule has 1 aliphatic heterocycles. The molecule has 0 bridgehead atoms. The lowest BCUT2D eigenvalue weighted by Gasteiger charge is -2.32. The van der Waals surface area contributed by atoms with Crippen molar-refractivity contribution in [1.82, 2.24) is 9.21 Å². The smallest absolute Gasteiger partial charge is 0.211 e. The van der Waals surface area contributed by atoms with Crippen LogP contribution in [0.1, 0.15) is 19.3 Å². The zero-order chi connectivity index (χ0) is 13.1. The molecule has 102 valence electrons. The van der Waals surface area contributed by atoms with Crippen LogP contribution in [0.3, 0.4) is 0 Å². The van der Waals surface area contributed by atoms with E-state index >= 15 is 0 Å². The summed E-state index contributed by atoms with van der Waals surface area (Å²) in [6, 6.07) is 0. The molecule has 17 heavy (non-hydrogen) atoms. The molecule has 2 atom stereocenters. The van der Waals surface area contributed by atoms with E-state index in [0.717, 1.165) is 12.8 Å². The zero-order valence-corrected chi connectivity index (χ0v) is 11.8. The first-order valence-electron chi connectivity index (χ1n) is 6.07. The van der Waals surface area contributed by atoms with Crippen LogP contribution < -0.4 is 0 Å². The third kappa shape index (κ3) is 5.33. The van der Waals surface area contributed by atoms with E-state index in [1.54, 1.807) is 0 Å². The van der Waals surface area contributed by atoms with Crippen LogP contribution in [0.5, 0.6) is 0 Å². The molecule has 1 rings (SSSR count). The fourth-order valence-electron chi connectivity index (χ4n) is 2.40. The molecule has 1 saturated heterocycles. The first-order valence-corrected chi connectivity index (χ1v) is 7.92. The van der Waals surface area contributed by atoms with E-state index in [-0.39, 0.29) is 12.0 Å². The molecule has 0 aromatic carbocycles. The van der Waals surface area contributed by atoms with Crippen molar-refractivity contribution in [1.29, 1.82) is 0 Å². The fraction of sp³-hybridized carbons (Fsp3) is 1.00. The van der Waals surface area contributed by atoms with Gasteiger partial charge in [0.25, 0.3) is 0 Å². The lowest BCUT2D eigenvalue weighted by atomic mass is 9.93. The van der Waals surface area contributed by atoms with Gasteiger partial charge in [0, 0.05) is 19.6 Å². The molecule has 0 radical (unpaired) electrons. The van der Waals surface area contributed by atoms with Gasteiger partial charge in [0.2, 0.25) is 10.0 Å². The van der Waals surface area contributed by atoms with E-state index < -0.39 is 10.0 Å². The predicted octanol–water partition coefficient (Wildman–Crippen LogP) is -0.0294. The number of nitrogens with zero attached hydrogens (tertiary/aromatic N) is 2. The van der Waals surface area contributed by atoms with Crippen molar-refractivity contribution >= 4 is 10.0 Å². The maximum absolute atomic E-state index is 11.5. The quantitative estimate of drug-likeness (QED) is 0.757. The molecular weight excluding hydrogens is 240 g/mol. The third-order valence-electron chi connectivity index (χ3n) is 3.13. The van der Waals surface area contributed by atoms with Gasteiger partial charge < -0.3 is 10.0 Å². The molecule has 6 heteroatoms. The molecule has 1 aliphatic rings. The Bertz CT molecular complexity index is 330. The number of hydrogen-bond donors (Lipinski definition) is 1. The monoisotopic (exact) mass is 264 g/mol. The Morgan fingerprint density at radius 2 is 2.12 bits per heavy atom. The van der Waals surface area contributed by atoms with E-state index in [2.05, 4.69) is 0 Å². The SMILES string of the molecule is CN(C)CC(O)CC1CCCN(S(C)(=O)=O)C1. The van der Waals surface area contributed by atoms with Crippen LogP contribution in [0.15, 0.2) is 0 Å². The summed E-state index contributed by atoms with van der Waals surface area (Å²) < 4.78 is 24.4. The number of likely N-dealkylation sites (N-methyl/N-ethyl adjacent to an activating group) is 1. The average molecular weight is 264 g/mol. The van der Waals surface area contributed by atoms with Gasteiger partial charge in [-0.25, -0.2) is 12.7 Å². The molecule has 2 unspecified atom stereocenters. The minimum atomic E-state index is -3.08. The fourth-order valence-corrected chi connectivity index (χ4v) is 3.34. The number of aliphatic hydroxyl groups is 1. The Morgan fingerprint density at radius 1 is 1.47 bits per heavy atom. The standard InChI is InChI=1S/C11H24N2O3S/c1-12(2)9-11(14)7-10-5-4-6-13(8-10)17(3,15)16/h10-11,14H,4-9H2,1-3H3. The van der Waals surface area contributed by atoms with Gasteiger partial charge >= 0.3 is 0 Å². The first-order chi connectivity index (χ1) is 7.79. The largest absolute Gasteiger partial charge is 0.392 e. The van der Waals surface area contributed by atoms with Crippen molar-refractivity contribution in [2.45, 2.75) is 25.4 Å². The van der Waals surface area contributed by atoms with Gasteiger partial charge in [0.05, 0.1) is 12.4 Å². The van der Waals surface area contributed by atoms with Gasteiger partial charge in [0.1, 0.15) is 0 Å². The zero-order valence-electron chi connectivity index (χ0n) is 11.0. The van der Waals surface area contributed by atoms with E-state index in [0.29, 0.717) is 26.1 Å². The molecule has 1 fully saturated rings. The molecule has 0 aliphatic carbocycles. The molecule has 1 heterocycles. The second-order valence-corrected chi connectivity index (χ2v) is 7.26. The number of sulfonamides is 1. The van der Waals surface area contributed by atoms with E-state index in [1.807, 2.05) is 19.0 Å². The van der Waals surface area contributed by atoms with Crippen molar-refractivity contribution in [2.75, 3.05) is 40.0 Å². The third-order valence-corrected chi connectivity index (χ3v) is 4.40. The van der Waals surface area contributed by atoms with E-state index in [4.69, 9.17) is 0 Å². The molecular formula is C11H24N2O3S. The van der Waals surface area contributed by atoms with Gasteiger partial charge in [-0.05, 0) is 39.3 Å². The summed E-state index contributed by atoms with van der Waals surface area (Å²) in [4.78, 5) is 1.95. The summed E-state index contributed by atoms with van der Waals surface area (Å²) in [5.74, 6) is 0.286. The minimum Gasteiger partial charge on any atom is -0.392 e. The summed E-state index contributed by atoms with van der Waals surface area (Å²) in [5, 5.41) is 9.85. The molecule has 1 N–H and O–H groups in total. The summed E-state index contributed by atoms with van der Waals surface area (Å²) in [6.07, 6.45) is 3.48. The molecule has 0 spiro atoms. The van der Waals surface area contributed by atoms with Crippen LogP contribution in [-0.4, -0.2) is 68.8 Å². The number of rotatable bonds is 5. The second-order valence-electron chi connectivity index (χ2n) is 5.28. The van der Waals surface area contributed by atoms with E-state index in [9.17, 15) is 13.5 Å². The highest BCUT2D eigenvalue weighted by Crippen LogP contribution is 2.22. The van der Waals surface area contributed by atoms with Gasteiger partial charge in [-0.15, -0.1) is 0 Å². The van der Waals surface area contributed by atoms with Gasteiger partial charge in [-0.2, -0.15) is 0 Å². The van der Waals surface area contributed by atoms with Gasteiger partial charge in [-0.3, -0.25) is 0 Å². The van der Waals surface area contributed by atoms with Crippen LogP contribution in [0, 0.1) is 5.92 Å². The maximum atomic E-state index is 11.5. The predicted molar refractivity (Wildman–Crippen MR) is 68.3 cm³/mol. The van der Waals surface area contributed by atoms with Crippen molar-refractivity contribution in [3.63, 3.8) is 0 Å². The Kier molecular flexibility index (Phi) is 5.37.